The van der Waals surface area contributed by atoms with Crippen molar-refractivity contribution in [1.82, 2.24) is 9.88 Å². The number of likely N-dealkylation sites (tertiary alicyclic amines) is 1. The third-order valence-electron chi connectivity index (χ3n) is 4.36. The van der Waals surface area contributed by atoms with Crippen LogP contribution in [0.5, 0.6) is 0 Å². The summed E-state index contributed by atoms with van der Waals surface area (Å²) in [5.41, 5.74) is 0.492. The molecule has 1 saturated heterocycles. The van der Waals surface area contributed by atoms with Gasteiger partial charge in [-0.2, -0.15) is 0 Å². The zero-order chi connectivity index (χ0) is 20.4. The number of rotatable bonds is 6. The summed E-state index contributed by atoms with van der Waals surface area (Å²) < 4.78 is 27.0. The second kappa shape index (κ2) is 7.93. The monoisotopic (exact) mass is 448 g/mol. The van der Waals surface area contributed by atoms with Crippen molar-refractivity contribution < 1.29 is 18.0 Å². The van der Waals surface area contributed by atoms with Crippen LogP contribution >= 0.6 is 22.7 Å². The predicted molar refractivity (Wildman–Crippen MR) is 112 cm³/mol. The van der Waals surface area contributed by atoms with Crippen LogP contribution in [0.3, 0.4) is 0 Å². The van der Waals surface area contributed by atoms with Gasteiger partial charge < -0.3 is 10.2 Å². The van der Waals surface area contributed by atoms with Gasteiger partial charge in [-0.3, -0.25) is 14.3 Å². The maximum atomic E-state index is 12.4. The molecule has 3 heterocycles. The number of sulfonamides is 1. The number of benzene rings is 1. The summed E-state index contributed by atoms with van der Waals surface area (Å²) in [6.45, 7) is 0.736. The van der Waals surface area contributed by atoms with Gasteiger partial charge in [-0.25, -0.2) is 13.4 Å². The molecule has 11 heteroatoms. The number of anilines is 2. The van der Waals surface area contributed by atoms with E-state index in [0.29, 0.717) is 23.7 Å². The van der Waals surface area contributed by atoms with E-state index in [1.165, 1.54) is 53.1 Å². The average molecular weight is 449 g/mol. The maximum absolute atomic E-state index is 12.4. The van der Waals surface area contributed by atoms with Gasteiger partial charge >= 0.3 is 0 Å². The van der Waals surface area contributed by atoms with E-state index in [1.807, 2.05) is 11.4 Å². The lowest BCUT2D eigenvalue weighted by molar-refractivity contribution is -0.123. The number of carbonyl (C=O) groups is 2. The molecular weight excluding hydrogens is 432 g/mol. The molecule has 1 fully saturated rings. The third kappa shape index (κ3) is 4.31. The topological polar surface area (TPSA) is 108 Å². The summed E-state index contributed by atoms with van der Waals surface area (Å²) in [5.74, 6) is -0.544. The summed E-state index contributed by atoms with van der Waals surface area (Å²) in [6.07, 6.45) is 1.51. The van der Waals surface area contributed by atoms with E-state index in [-0.39, 0.29) is 27.8 Å². The molecule has 0 bridgehead atoms. The van der Waals surface area contributed by atoms with Crippen LogP contribution in [0, 0.1) is 5.92 Å². The Morgan fingerprint density at radius 2 is 1.83 bits per heavy atom. The van der Waals surface area contributed by atoms with Crippen LogP contribution in [0.1, 0.15) is 9.67 Å². The zero-order valence-electron chi connectivity index (χ0n) is 14.9. The molecule has 3 aromatic rings. The molecule has 150 valence electrons. The van der Waals surface area contributed by atoms with Gasteiger partial charge in [0.2, 0.25) is 5.91 Å². The van der Waals surface area contributed by atoms with E-state index in [9.17, 15) is 18.0 Å². The van der Waals surface area contributed by atoms with Gasteiger partial charge in [-0.15, -0.1) is 22.7 Å². The van der Waals surface area contributed by atoms with Crippen LogP contribution in [0.2, 0.25) is 0 Å². The molecule has 1 aliphatic heterocycles. The quantitative estimate of drug-likeness (QED) is 0.603. The molecule has 2 N–H and O–H groups in total. The van der Waals surface area contributed by atoms with Crippen LogP contribution in [0.15, 0.2) is 58.3 Å². The van der Waals surface area contributed by atoms with Crippen LogP contribution in [0.4, 0.5) is 10.8 Å². The highest BCUT2D eigenvalue weighted by molar-refractivity contribution is 7.93. The molecule has 0 atom stereocenters. The molecule has 1 aliphatic rings. The normalized spacial score (nSPS) is 14.3. The summed E-state index contributed by atoms with van der Waals surface area (Å²) in [4.78, 5) is 30.8. The van der Waals surface area contributed by atoms with Gasteiger partial charge in [0, 0.05) is 30.4 Å². The molecule has 0 aliphatic carbocycles. The Labute approximate surface area is 175 Å². The summed E-state index contributed by atoms with van der Waals surface area (Å²) >= 11 is 2.56. The number of hydrogen-bond donors (Lipinski definition) is 2. The van der Waals surface area contributed by atoms with Crippen molar-refractivity contribution in [2.24, 2.45) is 5.92 Å². The first-order chi connectivity index (χ1) is 13.9. The van der Waals surface area contributed by atoms with Crippen LogP contribution in [-0.4, -0.2) is 43.2 Å². The van der Waals surface area contributed by atoms with Crippen molar-refractivity contribution in [1.29, 1.82) is 0 Å². The standard InChI is InChI=1S/C18H16N4O4S3/c23-16(12-10-22(11-12)17(24)15-2-1-8-27-15)20-13-3-5-14(6-4-13)29(25,26)21-18-19-7-9-28-18/h1-9,12H,10-11H2,(H,19,21)(H,20,23). The molecule has 0 radical (unpaired) electrons. The number of hydrogen-bond acceptors (Lipinski definition) is 7. The minimum Gasteiger partial charge on any atom is -0.336 e. The first kappa shape index (κ1) is 19.6. The van der Waals surface area contributed by atoms with Crippen molar-refractivity contribution in [3.63, 3.8) is 0 Å². The van der Waals surface area contributed by atoms with E-state index >= 15 is 0 Å². The van der Waals surface area contributed by atoms with Gasteiger partial charge in [0.25, 0.3) is 15.9 Å². The second-order valence-electron chi connectivity index (χ2n) is 6.34. The summed E-state index contributed by atoms with van der Waals surface area (Å²) in [5, 5.41) is 6.56. The number of aromatic nitrogens is 1. The molecule has 4 rings (SSSR count). The highest BCUT2D eigenvalue weighted by atomic mass is 32.2. The fourth-order valence-corrected chi connectivity index (χ4v) is 5.26. The van der Waals surface area contributed by atoms with Gasteiger partial charge in [0.1, 0.15) is 0 Å². The number of carbonyl (C=O) groups excluding carboxylic acids is 2. The number of nitrogens with zero attached hydrogens (tertiary/aromatic N) is 2. The Balaban J connectivity index is 1.32. The average Bonchev–Trinajstić information content (AvgIpc) is 3.34. The molecule has 0 saturated carbocycles. The van der Waals surface area contributed by atoms with Crippen molar-refractivity contribution in [2.45, 2.75) is 4.90 Å². The van der Waals surface area contributed by atoms with Crippen LogP contribution in [-0.2, 0) is 14.8 Å². The van der Waals surface area contributed by atoms with Crippen LogP contribution in [0.25, 0.3) is 0 Å². The molecule has 1 aromatic carbocycles. The molecule has 2 amide bonds. The highest BCUT2D eigenvalue weighted by Gasteiger charge is 2.36. The predicted octanol–water partition coefficient (Wildman–Crippen LogP) is 2.72. The van der Waals surface area contributed by atoms with Gasteiger partial charge in [-0.1, -0.05) is 6.07 Å². The van der Waals surface area contributed by atoms with E-state index in [1.54, 1.807) is 16.3 Å². The van der Waals surface area contributed by atoms with Gasteiger partial charge in [0.15, 0.2) is 5.13 Å². The Hall–Kier alpha value is -2.76. The molecule has 0 unspecified atom stereocenters. The van der Waals surface area contributed by atoms with Crippen molar-refractivity contribution in [3.8, 4) is 0 Å². The molecule has 2 aromatic heterocycles. The summed E-state index contributed by atoms with van der Waals surface area (Å²) in [7, 11) is -3.73. The van der Waals surface area contributed by atoms with E-state index in [2.05, 4.69) is 15.0 Å². The second-order valence-corrected chi connectivity index (χ2v) is 9.87. The lowest BCUT2D eigenvalue weighted by atomic mass is 9.98. The SMILES string of the molecule is O=C(Nc1ccc(S(=O)(=O)Nc2nccs2)cc1)C1CN(C(=O)c2cccs2)C1. The summed E-state index contributed by atoms with van der Waals surface area (Å²) in [6, 6.07) is 9.47. The highest BCUT2D eigenvalue weighted by Crippen LogP contribution is 2.23. The maximum Gasteiger partial charge on any atom is 0.263 e. The first-order valence-electron chi connectivity index (χ1n) is 8.58. The fourth-order valence-electron chi connectivity index (χ4n) is 2.78. The van der Waals surface area contributed by atoms with E-state index in [0.717, 1.165) is 0 Å². The lowest BCUT2D eigenvalue weighted by Gasteiger charge is -2.37. The molecule has 29 heavy (non-hydrogen) atoms. The number of amides is 2. The van der Waals surface area contributed by atoms with Crippen molar-refractivity contribution >= 4 is 55.3 Å². The van der Waals surface area contributed by atoms with Crippen LogP contribution < -0.4 is 10.0 Å². The Kier molecular flexibility index (Phi) is 5.35. The van der Waals surface area contributed by atoms with E-state index < -0.39 is 10.0 Å². The molecule has 0 spiro atoms. The Morgan fingerprint density at radius 1 is 1.07 bits per heavy atom. The Bertz CT molecular complexity index is 1100. The smallest absolute Gasteiger partial charge is 0.263 e. The van der Waals surface area contributed by atoms with Gasteiger partial charge in [-0.05, 0) is 35.7 Å². The van der Waals surface area contributed by atoms with Gasteiger partial charge in [0.05, 0.1) is 15.7 Å². The number of thiophene rings is 1. The zero-order valence-corrected chi connectivity index (χ0v) is 17.4. The fraction of sp³-hybridized carbons (Fsp3) is 0.167. The first-order valence-corrected chi connectivity index (χ1v) is 11.8. The molecular formula is C18H16N4O4S3. The third-order valence-corrected chi connectivity index (χ3v) is 7.39. The van der Waals surface area contributed by atoms with Crippen molar-refractivity contribution in [3.05, 3.63) is 58.2 Å². The minimum absolute atomic E-state index is 0.0636. The minimum atomic E-state index is -3.73. The largest absolute Gasteiger partial charge is 0.336 e. The molecule has 8 nitrogen and oxygen atoms in total. The van der Waals surface area contributed by atoms with E-state index in [4.69, 9.17) is 0 Å². The Morgan fingerprint density at radius 3 is 2.45 bits per heavy atom. The van der Waals surface area contributed by atoms with Crippen molar-refractivity contribution in [2.75, 3.05) is 23.1 Å². The number of thiazole rings is 1. The number of nitrogens with one attached hydrogen (secondary N) is 2. The lowest BCUT2D eigenvalue weighted by Crippen LogP contribution is -2.54.